The number of ether oxygens (including phenoxy) is 1. The third-order valence-electron chi connectivity index (χ3n) is 4.53. The number of hydrogen-bond donors (Lipinski definition) is 0. The normalized spacial score (nSPS) is 11.6. The molecule has 0 radical (unpaired) electrons. The first-order valence-electron chi connectivity index (χ1n) is 9.21. The summed E-state index contributed by atoms with van der Waals surface area (Å²) in [6, 6.07) is 15.6. The predicted molar refractivity (Wildman–Crippen MR) is 112 cm³/mol. The van der Waals surface area contributed by atoms with E-state index in [2.05, 4.69) is 30.1 Å². The molecule has 0 spiro atoms. The van der Waals surface area contributed by atoms with Crippen molar-refractivity contribution in [1.29, 1.82) is 0 Å². The Morgan fingerprint density at radius 2 is 1.93 bits per heavy atom. The molecule has 0 fully saturated rings. The Morgan fingerprint density at radius 1 is 1.11 bits per heavy atom. The first-order chi connectivity index (χ1) is 13.6. The van der Waals surface area contributed by atoms with Gasteiger partial charge in [0.25, 0.3) is 5.56 Å². The predicted octanol–water partition coefficient (Wildman–Crippen LogP) is 4.00. The van der Waals surface area contributed by atoms with Gasteiger partial charge in [0.05, 0.1) is 18.0 Å². The van der Waals surface area contributed by atoms with Crippen LogP contribution in [0.25, 0.3) is 16.7 Å². The lowest BCUT2D eigenvalue weighted by molar-refractivity contribution is 0.414. The molecule has 2 aromatic carbocycles. The highest BCUT2D eigenvalue weighted by Gasteiger charge is 2.17. The third-order valence-corrected chi connectivity index (χ3v) is 5.53. The van der Waals surface area contributed by atoms with Crippen LogP contribution in [0.15, 0.2) is 58.5 Å². The molecule has 6 nitrogen and oxygen atoms in total. The lowest BCUT2D eigenvalue weighted by atomic mass is 10.2. The van der Waals surface area contributed by atoms with E-state index in [1.54, 1.807) is 23.4 Å². The summed E-state index contributed by atoms with van der Waals surface area (Å²) in [5.74, 6) is 2.48. The molecular formula is C21H22N4O2S. The van der Waals surface area contributed by atoms with Crippen LogP contribution < -0.4 is 10.3 Å². The largest absolute Gasteiger partial charge is 0.497 e. The minimum absolute atomic E-state index is 0.0199. The Balaban J connectivity index is 1.81. The minimum Gasteiger partial charge on any atom is -0.497 e. The summed E-state index contributed by atoms with van der Waals surface area (Å²) >= 11 is 1.60. The summed E-state index contributed by atoms with van der Waals surface area (Å²) in [5, 5.41) is 10.2. The van der Waals surface area contributed by atoms with E-state index < -0.39 is 0 Å². The van der Waals surface area contributed by atoms with E-state index in [4.69, 9.17) is 4.74 Å². The van der Waals surface area contributed by atoms with Gasteiger partial charge < -0.3 is 4.74 Å². The van der Waals surface area contributed by atoms with Gasteiger partial charge in [-0.25, -0.2) is 0 Å². The summed E-state index contributed by atoms with van der Waals surface area (Å²) in [6.07, 6.45) is 0. The topological polar surface area (TPSA) is 61.4 Å². The van der Waals surface area contributed by atoms with Gasteiger partial charge in [-0.3, -0.25) is 13.8 Å². The standard InChI is InChI=1S/C21H22N4O2S/c1-14(2)12-24-19(26)17-9-4-5-10-18(17)25-20(24)22-23-21(25)28-13-15-7-6-8-16(11-15)27-3/h4-11,14H,12-13H2,1-3H3. The first-order valence-corrected chi connectivity index (χ1v) is 10.2. The van der Waals surface area contributed by atoms with Crippen LogP contribution >= 0.6 is 11.8 Å². The van der Waals surface area contributed by atoms with Crippen LogP contribution in [0.3, 0.4) is 0 Å². The number of benzene rings is 2. The molecule has 4 aromatic rings. The van der Waals surface area contributed by atoms with E-state index in [1.807, 2.05) is 46.9 Å². The van der Waals surface area contributed by atoms with Gasteiger partial charge in [-0.2, -0.15) is 0 Å². The van der Waals surface area contributed by atoms with E-state index in [1.165, 1.54) is 0 Å². The maximum absolute atomic E-state index is 13.0. The van der Waals surface area contributed by atoms with Gasteiger partial charge in [0.1, 0.15) is 5.75 Å². The quantitative estimate of drug-likeness (QED) is 0.463. The molecule has 2 aromatic heterocycles. The smallest absolute Gasteiger partial charge is 0.262 e. The Bertz CT molecular complexity index is 1200. The fourth-order valence-electron chi connectivity index (χ4n) is 3.27. The highest BCUT2D eigenvalue weighted by Crippen LogP contribution is 2.26. The van der Waals surface area contributed by atoms with Gasteiger partial charge in [0.2, 0.25) is 5.78 Å². The van der Waals surface area contributed by atoms with E-state index in [9.17, 15) is 4.79 Å². The molecule has 0 unspecified atom stereocenters. The lowest BCUT2D eigenvalue weighted by Gasteiger charge is -2.13. The van der Waals surface area contributed by atoms with E-state index in [0.717, 1.165) is 27.7 Å². The van der Waals surface area contributed by atoms with E-state index in [0.29, 0.717) is 23.6 Å². The fraction of sp³-hybridized carbons (Fsp3) is 0.286. The van der Waals surface area contributed by atoms with Gasteiger partial charge in [0.15, 0.2) is 5.16 Å². The van der Waals surface area contributed by atoms with Gasteiger partial charge in [-0.05, 0) is 35.7 Å². The molecule has 4 rings (SSSR count). The molecule has 0 aliphatic carbocycles. The van der Waals surface area contributed by atoms with Crippen LogP contribution in [-0.2, 0) is 12.3 Å². The zero-order valence-electron chi connectivity index (χ0n) is 16.1. The molecule has 0 saturated carbocycles. The average molecular weight is 395 g/mol. The Labute approximate surface area is 167 Å². The highest BCUT2D eigenvalue weighted by atomic mass is 32.2. The van der Waals surface area contributed by atoms with Crippen LogP contribution in [0.2, 0.25) is 0 Å². The summed E-state index contributed by atoms with van der Waals surface area (Å²) in [6.45, 7) is 4.78. The second kappa shape index (κ2) is 7.67. The van der Waals surface area contributed by atoms with Crippen LogP contribution in [0.4, 0.5) is 0 Å². The molecule has 28 heavy (non-hydrogen) atoms. The zero-order valence-corrected chi connectivity index (χ0v) is 16.9. The molecule has 0 N–H and O–H groups in total. The maximum atomic E-state index is 13.0. The molecule has 7 heteroatoms. The summed E-state index contributed by atoms with van der Waals surface area (Å²) < 4.78 is 9.03. The number of para-hydroxylation sites is 1. The SMILES string of the molecule is COc1cccc(CSc2nnc3n(CC(C)C)c(=O)c4ccccc4n23)c1. The van der Waals surface area contributed by atoms with Crippen molar-refractivity contribution in [3.8, 4) is 5.75 Å². The minimum atomic E-state index is -0.0199. The van der Waals surface area contributed by atoms with Crippen LogP contribution in [0, 0.1) is 5.92 Å². The number of aromatic nitrogens is 4. The number of hydrogen-bond acceptors (Lipinski definition) is 5. The van der Waals surface area contributed by atoms with Crippen LogP contribution in [-0.4, -0.2) is 26.3 Å². The Kier molecular flexibility index (Phi) is 5.09. The van der Waals surface area contributed by atoms with Crippen molar-refractivity contribution in [3.05, 3.63) is 64.4 Å². The Hall–Kier alpha value is -2.80. The molecule has 144 valence electrons. The molecule has 0 bridgehead atoms. The van der Waals surface area contributed by atoms with Crippen molar-refractivity contribution in [1.82, 2.24) is 19.2 Å². The van der Waals surface area contributed by atoms with Gasteiger partial charge in [0, 0.05) is 12.3 Å². The number of nitrogens with zero attached hydrogens (tertiary/aromatic N) is 4. The second-order valence-electron chi connectivity index (χ2n) is 7.08. The van der Waals surface area contributed by atoms with Gasteiger partial charge in [-0.1, -0.05) is 49.9 Å². The Morgan fingerprint density at radius 3 is 2.71 bits per heavy atom. The number of rotatable bonds is 6. The molecule has 2 heterocycles. The molecular weight excluding hydrogens is 372 g/mol. The van der Waals surface area contributed by atoms with Crippen molar-refractivity contribution < 1.29 is 4.74 Å². The van der Waals surface area contributed by atoms with Crippen molar-refractivity contribution in [2.45, 2.75) is 31.3 Å². The molecule has 0 aliphatic heterocycles. The summed E-state index contributed by atoms with van der Waals surface area (Å²) in [7, 11) is 1.67. The summed E-state index contributed by atoms with van der Waals surface area (Å²) in [5.41, 5.74) is 1.95. The zero-order chi connectivity index (χ0) is 19.7. The van der Waals surface area contributed by atoms with Crippen molar-refractivity contribution in [2.24, 2.45) is 5.92 Å². The maximum Gasteiger partial charge on any atom is 0.262 e. The van der Waals surface area contributed by atoms with Crippen molar-refractivity contribution in [3.63, 3.8) is 0 Å². The molecule has 0 saturated heterocycles. The monoisotopic (exact) mass is 394 g/mol. The van der Waals surface area contributed by atoms with Crippen LogP contribution in [0.5, 0.6) is 5.75 Å². The van der Waals surface area contributed by atoms with E-state index in [-0.39, 0.29) is 5.56 Å². The molecule has 0 amide bonds. The number of thioether (sulfide) groups is 1. The lowest BCUT2D eigenvalue weighted by Crippen LogP contribution is -2.25. The average Bonchev–Trinajstić information content (AvgIpc) is 3.13. The van der Waals surface area contributed by atoms with E-state index >= 15 is 0 Å². The van der Waals surface area contributed by atoms with Crippen molar-refractivity contribution in [2.75, 3.05) is 7.11 Å². The first kappa shape index (κ1) is 18.6. The third kappa shape index (κ3) is 3.38. The highest BCUT2D eigenvalue weighted by molar-refractivity contribution is 7.98. The fourth-order valence-corrected chi connectivity index (χ4v) is 4.15. The second-order valence-corrected chi connectivity index (χ2v) is 8.03. The number of methoxy groups -OCH3 is 1. The molecule has 0 aliphatic rings. The summed E-state index contributed by atoms with van der Waals surface area (Å²) in [4.78, 5) is 13.0. The molecule has 0 atom stereocenters. The van der Waals surface area contributed by atoms with Gasteiger partial charge in [-0.15, -0.1) is 10.2 Å². The van der Waals surface area contributed by atoms with Crippen molar-refractivity contribution >= 4 is 28.4 Å². The van der Waals surface area contributed by atoms with Crippen LogP contribution in [0.1, 0.15) is 19.4 Å². The van der Waals surface area contributed by atoms with Gasteiger partial charge >= 0.3 is 0 Å². The number of fused-ring (bicyclic) bond motifs is 3.